The monoisotopic (exact) mass is 538 g/mol. The smallest absolute Gasteiger partial charge is 0.231 e. The number of benzene rings is 1. The van der Waals surface area contributed by atoms with Crippen LogP contribution in [-0.4, -0.2) is 64.4 Å². The Morgan fingerprint density at radius 2 is 2.05 bits per heavy atom. The Morgan fingerprint density at radius 1 is 1.26 bits per heavy atom. The Labute approximate surface area is 222 Å². The summed E-state index contributed by atoms with van der Waals surface area (Å²) in [6.45, 7) is 1.83. The number of pyridine rings is 1. The van der Waals surface area contributed by atoms with Gasteiger partial charge in [-0.15, -0.1) is 0 Å². The van der Waals surface area contributed by atoms with Crippen LogP contribution in [0.25, 0.3) is 11.5 Å². The number of ether oxygens (including phenoxy) is 3. The second-order valence-electron chi connectivity index (χ2n) is 8.77. The number of fused-ring (bicyclic) bond motifs is 1. The van der Waals surface area contributed by atoms with Crippen molar-refractivity contribution in [2.75, 3.05) is 20.8 Å². The third-order valence-corrected chi connectivity index (χ3v) is 6.91. The molecule has 2 aliphatic rings. The number of nitrogens with zero attached hydrogens (tertiary/aromatic N) is 4. The van der Waals surface area contributed by atoms with Crippen LogP contribution in [0.4, 0.5) is 0 Å². The summed E-state index contributed by atoms with van der Waals surface area (Å²) < 4.78 is 22.0. The van der Waals surface area contributed by atoms with E-state index in [1.54, 1.807) is 25.3 Å². The van der Waals surface area contributed by atoms with Gasteiger partial charge in [0.1, 0.15) is 27.8 Å². The lowest BCUT2D eigenvalue weighted by molar-refractivity contribution is -0.118. The summed E-state index contributed by atoms with van der Waals surface area (Å²) in [7, 11) is 2.81. The molecule has 0 radical (unpaired) electrons. The van der Waals surface area contributed by atoms with Crippen LogP contribution in [0.2, 0.25) is 5.02 Å². The first-order chi connectivity index (χ1) is 18.3. The molecule has 1 aliphatic heterocycles. The van der Waals surface area contributed by atoms with Gasteiger partial charge in [-0.3, -0.25) is 19.6 Å². The van der Waals surface area contributed by atoms with Gasteiger partial charge < -0.3 is 23.8 Å². The van der Waals surface area contributed by atoms with Crippen LogP contribution in [0.15, 0.2) is 51.3 Å². The molecule has 0 fully saturated rings. The van der Waals surface area contributed by atoms with Crippen molar-refractivity contribution in [1.82, 2.24) is 15.1 Å². The van der Waals surface area contributed by atoms with Crippen molar-refractivity contribution in [1.29, 1.82) is 0 Å². The molecule has 1 spiro atoms. The van der Waals surface area contributed by atoms with Crippen molar-refractivity contribution in [3.05, 3.63) is 58.3 Å². The number of allylic oxidation sites excluding steroid dienone is 1. The number of halogens is 1. The number of ketones is 2. The molecule has 2 unspecified atom stereocenters. The van der Waals surface area contributed by atoms with Gasteiger partial charge in [0, 0.05) is 43.8 Å². The predicted octanol–water partition coefficient (Wildman–Crippen LogP) is 3.85. The second kappa shape index (κ2) is 9.90. The Bertz CT molecular complexity index is 1480. The van der Waals surface area contributed by atoms with E-state index < -0.39 is 23.1 Å². The first-order valence-electron chi connectivity index (χ1n) is 11.7. The second-order valence-corrected chi connectivity index (χ2v) is 9.15. The molecule has 38 heavy (non-hydrogen) atoms. The fourth-order valence-corrected chi connectivity index (χ4v) is 4.85. The van der Waals surface area contributed by atoms with Crippen molar-refractivity contribution in [3.63, 3.8) is 0 Å². The minimum absolute atomic E-state index is 0.0250. The first-order valence-corrected chi connectivity index (χ1v) is 12.1. The molecule has 0 saturated heterocycles. The number of aromatic nitrogens is 3. The van der Waals surface area contributed by atoms with E-state index in [1.165, 1.54) is 26.5 Å². The molecule has 0 bridgehead atoms. The topological polar surface area (TPSA) is 146 Å². The largest absolute Gasteiger partial charge is 0.507 e. The maximum Gasteiger partial charge on any atom is 0.231 e. The van der Waals surface area contributed by atoms with Gasteiger partial charge in [-0.05, 0) is 12.1 Å². The van der Waals surface area contributed by atoms with Gasteiger partial charge in [-0.25, -0.2) is 0 Å². The van der Waals surface area contributed by atoms with Crippen LogP contribution in [0.5, 0.6) is 17.2 Å². The number of carbonyl (C=O) groups is 2. The fourth-order valence-electron chi connectivity index (χ4n) is 4.58. The molecular weight excluding hydrogens is 516 g/mol. The lowest BCUT2D eigenvalue weighted by atomic mass is 9.73. The molecule has 3 heterocycles. The SMILES string of the molecule is COc1cc(OC)c2c(c1Cl)OC1(C2=O)C(O)=C(C=NCCc2nc(-c3ccccn3)no2)C(=O)CC1C. The minimum atomic E-state index is -1.86. The summed E-state index contributed by atoms with van der Waals surface area (Å²) in [5.74, 6) is -1.03. The zero-order chi connectivity index (χ0) is 27.0. The van der Waals surface area contributed by atoms with Crippen LogP contribution in [0, 0.1) is 5.92 Å². The van der Waals surface area contributed by atoms with Gasteiger partial charge >= 0.3 is 0 Å². The first kappa shape index (κ1) is 25.4. The summed E-state index contributed by atoms with van der Waals surface area (Å²) in [5.41, 5.74) is -1.33. The molecule has 1 aliphatic carbocycles. The van der Waals surface area contributed by atoms with Crippen molar-refractivity contribution in [3.8, 4) is 28.8 Å². The Balaban J connectivity index is 1.41. The Morgan fingerprint density at radius 3 is 2.76 bits per heavy atom. The highest BCUT2D eigenvalue weighted by Gasteiger charge is 2.60. The molecule has 5 rings (SSSR count). The lowest BCUT2D eigenvalue weighted by Crippen LogP contribution is -2.52. The summed E-state index contributed by atoms with van der Waals surface area (Å²) >= 11 is 6.44. The molecule has 2 aromatic heterocycles. The maximum absolute atomic E-state index is 13.7. The van der Waals surface area contributed by atoms with Crippen LogP contribution < -0.4 is 14.2 Å². The highest BCUT2D eigenvalue weighted by molar-refractivity contribution is 6.35. The Hall–Kier alpha value is -4.25. The number of carbonyl (C=O) groups excluding carboxylic acids is 2. The molecule has 3 aromatic rings. The normalized spacial score (nSPS) is 20.8. The van der Waals surface area contributed by atoms with Crippen molar-refractivity contribution < 1.29 is 33.4 Å². The van der Waals surface area contributed by atoms with Gasteiger partial charge in [-0.1, -0.05) is 29.7 Å². The number of aliphatic imine (C=N–C) groups is 1. The van der Waals surface area contributed by atoms with Crippen molar-refractivity contribution in [2.45, 2.75) is 25.4 Å². The minimum Gasteiger partial charge on any atom is -0.507 e. The van der Waals surface area contributed by atoms with E-state index >= 15 is 0 Å². The van der Waals surface area contributed by atoms with Crippen molar-refractivity contribution in [2.24, 2.45) is 10.9 Å². The zero-order valence-corrected chi connectivity index (χ0v) is 21.5. The third-order valence-electron chi connectivity index (χ3n) is 6.55. The number of methoxy groups -OCH3 is 2. The number of rotatable bonds is 7. The summed E-state index contributed by atoms with van der Waals surface area (Å²) in [6.07, 6.45) is 3.09. The van der Waals surface area contributed by atoms with Gasteiger partial charge in [0.05, 0.1) is 19.8 Å². The van der Waals surface area contributed by atoms with E-state index in [-0.39, 0.29) is 58.6 Å². The fraction of sp³-hybridized carbons (Fsp3) is 0.308. The van der Waals surface area contributed by atoms with E-state index in [0.717, 1.165) is 0 Å². The summed E-state index contributed by atoms with van der Waals surface area (Å²) in [5, 5.41) is 15.3. The van der Waals surface area contributed by atoms with Gasteiger partial charge in [0.15, 0.2) is 17.3 Å². The van der Waals surface area contributed by atoms with Crippen LogP contribution in [0.3, 0.4) is 0 Å². The highest BCUT2D eigenvalue weighted by Crippen LogP contribution is 2.54. The number of Topliss-reactive ketones (excluding diaryl/α,β-unsaturated/α-hetero) is 2. The number of hydrogen-bond acceptors (Lipinski definition) is 11. The predicted molar refractivity (Wildman–Crippen MR) is 135 cm³/mol. The molecule has 196 valence electrons. The van der Waals surface area contributed by atoms with Gasteiger partial charge in [0.25, 0.3) is 0 Å². The van der Waals surface area contributed by atoms with Crippen LogP contribution >= 0.6 is 11.6 Å². The summed E-state index contributed by atoms with van der Waals surface area (Å²) in [4.78, 5) is 39.3. The van der Waals surface area contributed by atoms with Gasteiger partial charge in [0.2, 0.25) is 23.1 Å². The van der Waals surface area contributed by atoms with Crippen LogP contribution in [0.1, 0.15) is 29.6 Å². The third kappa shape index (κ3) is 3.99. The quantitative estimate of drug-likeness (QED) is 0.440. The molecule has 11 nitrogen and oxygen atoms in total. The van der Waals surface area contributed by atoms with E-state index in [1.807, 2.05) is 6.07 Å². The summed E-state index contributed by atoms with van der Waals surface area (Å²) in [6, 6.07) is 6.83. The maximum atomic E-state index is 13.7. The molecule has 0 amide bonds. The van der Waals surface area contributed by atoms with Crippen molar-refractivity contribution >= 4 is 29.4 Å². The van der Waals surface area contributed by atoms with Gasteiger partial charge in [-0.2, -0.15) is 4.98 Å². The van der Waals surface area contributed by atoms with Crippen LogP contribution in [-0.2, 0) is 11.2 Å². The molecule has 1 N–H and O–H groups in total. The highest BCUT2D eigenvalue weighted by atomic mass is 35.5. The number of aliphatic hydroxyl groups is 1. The number of aliphatic hydroxyl groups excluding tert-OH is 1. The molecule has 0 saturated carbocycles. The molecular formula is C26H23ClN4O7. The molecule has 2 atom stereocenters. The Kier molecular flexibility index (Phi) is 6.62. The molecule has 1 aromatic carbocycles. The van der Waals surface area contributed by atoms with E-state index in [4.69, 9.17) is 30.3 Å². The molecule has 12 heteroatoms. The van der Waals surface area contributed by atoms with E-state index in [2.05, 4.69) is 20.1 Å². The zero-order valence-electron chi connectivity index (χ0n) is 20.7. The van der Waals surface area contributed by atoms with E-state index in [0.29, 0.717) is 17.4 Å². The average Bonchev–Trinajstić information content (AvgIpc) is 3.52. The van der Waals surface area contributed by atoms with E-state index in [9.17, 15) is 14.7 Å². The standard InChI is InChI=1S/C26H23ClN4O7/c1-13-10-16(32)14(12-28-9-7-19-30-25(31-38-19)15-6-4-5-8-29-15)23(33)26(13)24(34)20-17(35-2)11-18(36-3)21(27)22(20)37-26/h4-6,8,11-13,33H,7,9-10H2,1-3H3. The average molecular weight is 539 g/mol. The number of hydrogen-bond donors (Lipinski definition) is 1. The lowest BCUT2D eigenvalue weighted by Gasteiger charge is -2.36.